The molecule has 3 aliphatic rings. The summed E-state index contributed by atoms with van der Waals surface area (Å²) in [5.74, 6) is -0.876. The summed E-state index contributed by atoms with van der Waals surface area (Å²) in [7, 11) is 0. The van der Waals surface area contributed by atoms with Gasteiger partial charge in [-0.05, 0) is 62.1 Å². The zero-order valence-electron chi connectivity index (χ0n) is 20.3. The molecule has 5 rings (SSSR count). The molecular weight excluding hydrogens is 478 g/mol. The van der Waals surface area contributed by atoms with Crippen molar-refractivity contribution < 1.29 is 14.4 Å². The first-order valence-electron chi connectivity index (χ1n) is 12.9. The molecule has 1 aromatic heterocycles. The quantitative estimate of drug-likeness (QED) is 0.566. The van der Waals surface area contributed by atoms with E-state index in [0.29, 0.717) is 36.6 Å². The number of nitrogens with one attached hydrogen (secondary N) is 3. The van der Waals surface area contributed by atoms with E-state index in [1.807, 2.05) is 6.07 Å². The normalized spacial score (nSPS) is 24.3. The number of benzene rings is 1. The van der Waals surface area contributed by atoms with Crippen molar-refractivity contribution >= 4 is 40.2 Å². The number of fused-ring (bicyclic) bond motifs is 1. The van der Waals surface area contributed by atoms with Gasteiger partial charge in [0.25, 0.3) is 5.91 Å². The highest BCUT2D eigenvalue weighted by atomic mass is 35.5. The molecule has 3 amide bonds. The van der Waals surface area contributed by atoms with Crippen LogP contribution >= 0.6 is 11.6 Å². The lowest BCUT2D eigenvalue weighted by atomic mass is 9.72. The van der Waals surface area contributed by atoms with Gasteiger partial charge in [-0.2, -0.15) is 5.26 Å². The van der Waals surface area contributed by atoms with E-state index in [2.05, 4.69) is 21.7 Å². The van der Waals surface area contributed by atoms with Crippen LogP contribution in [-0.4, -0.2) is 52.8 Å². The molecule has 190 valence electrons. The number of hydrogen-bond donors (Lipinski definition) is 3. The molecule has 1 spiro atoms. The predicted octanol–water partition coefficient (Wildman–Crippen LogP) is 3.91. The summed E-state index contributed by atoms with van der Waals surface area (Å²) < 4.78 is 0. The van der Waals surface area contributed by atoms with Crippen molar-refractivity contribution in [3.05, 3.63) is 35.0 Å². The van der Waals surface area contributed by atoms with Crippen molar-refractivity contribution in [2.45, 2.75) is 69.9 Å². The lowest BCUT2D eigenvalue weighted by molar-refractivity contribution is -0.128. The molecule has 1 saturated carbocycles. The van der Waals surface area contributed by atoms with Gasteiger partial charge in [0.15, 0.2) is 0 Å². The molecule has 3 fully saturated rings. The third-order valence-corrected chi connectivity index (χ3v) is 8.43. The summed E-state index contributed by atoms with van der Waals surface area (Å²) >= 11 is 6.12. The maximum atomic E-state index is 13.7. The molecule has 9 heteroatoms. The van der Waals surface area contributed by atoms with Gasteiger partial charge in [-0.1, -0.05) is 36.9 Å². The number of carbonyl (C=O) groups excluding carboxylic acids is 3. The Bertz CT molecular complexity index is 1210. The van der Waals surface area contributed by atoms with Gasteiger partial charge in [-0.25, -0.2) is 0 Å². The highest BCUT2D eigenvalue weighted by Crippen LogP contribution is 2.46. The topological polar surface area (TPSA) is 118 Å². The van der Waals surface area contributed by atoms with Crippen LogP contribution in [0.2, 0.25) is 5.02 Å². The first-order chi connectivity index (χ1) is 17.4. The average Bonchev–Trinajstić information content (AvgIpc) is 3.46. The molecule has 2 aromatic rings. The molecule has 0 bridgehead atoms. The summed E-state index contributed by atoms with van der Waals surface area (Å²) in [5, 5.41) is 16.9. The summed E-state index contributed by atoms with van der Waals surface area (Å²) in [5.41, 5.74) is 1.12. The maximum absolute atomic E-state index is 13.7. The first-order valence-corrected chi connectivity index (χ1v) is 13.3. The second kappa shape index (κ2) is 10.1. The Morgan fingerprint density at radius 1 is 1.22 bits per heavy atom. The van der Waals surface area contributed by atoms with Crippen molar-refractivity contribution in [1.82, 2.24) is 20.5 Å². The van der Waals surface area contributed by atoms with Crippen molar-refractivity contribution in [3.8, 4) is 6.07 Å². The van der Waals surface area contributed by atoms with Gasteiger partial charge in [0.2, 0.25) is 11.8 Å². The standard InChI is InChI=1S/C27H32ClN5O3/c28-19-7-6-17-12-22(32-21(17)13-19)26(36)33-16-27(8-2-1-3-9-27)14-23(33)25(35)31-20(15-29)11-18-5-4-10-30-24(18)34/h6-7,12-13,18,20,23,32H,1-5,8-11,14,16H2,(H,30,34)(H,31,35)/t18-,20-,23-/m0/s1. The number of nitriles is 1. The number of halogens is 1. The fraction of sp³-hybridized carbons (Fsp3) is 0.556. The largest absolute Gasteiger partial charge is 0.356 e. The van der Waals surface area contributed by atoms with E-state index in [-0.39, 0.29) is 35.5 Å². The minimum absolute atomic E-state index is 0.0616. The summed E-state index contributed by atoms with van der Waals surface area (Å²) in [4.78, 5) is 44.3. The number of aromatic amines is 1. The molecule has 2 saturated heterocycles. The molecule has 1 aliphatic carbocycles. The van der Waals surface area contributed by atoms with Gasteiger partial charge in [-0.15, -0.1) is 0 Å². The minimum Gasteiger partial charge on any atom is -0.356 e. The zero-order valence-corrected chi connectivity index (χ0v) is 21.1. The number of nitrogens with zero attached hydrogens (tertiary/aromatic N) is 2. The Labute approximate surface area is 215 Å². The van der Waals surface area contributed by atoms with Gasteiger partial charge < -0.3 is 20.5 Å². The average molecular weight is 510 g/mol. The summed E-state index contributed by atoms with van der Waals surface area (Å²) in [6.45, 7) is 1.18. The van der Waals surface area contributed by atoms with Crippen LogP contribution in [0.15, 0.2) is 24.3 Å². The number of H-pyrrole nitrogens is 1. The molecule has 1 aromatic carbocycles. The van der Waals surface area contributed by atoms with Gasteiger partial charge in [0.05, 0.1) is 6.07 Å². The lowest BCUT2D eigenvalue weighted by Crippen LogP contribution is -2.49. The van der Waals surface area contributed by atoms with Crippen molar-refractivity contribution in [2.75, 3.05) is 13.1 Å². The third-order valence-electron chi connectivity index (χ3n) is 8.19. The van der Waals surface area contributed by atoms with Gasteiger partial charge in [0.1, 0.15) is 17.8 Å². The van der Waals surface area contributed by atoms with E-state index >= 15 is 0 Å². The number of amides is 3. The van der Waals surface area contributed by atoms with E-state index < -0.39 is 12.1 Å². The van der Waals surface area contributed by atoms with E-state index in [1.165, 1.54) is 6.42 Å². The Morgan fingerprint density at radius 2 is 2.03 bits per heavy atom. The Morgan fingerprint density at radius 3 is 2.78 bits per heavy atom. The van der Waals surface area contributed by atoms with Crippen LogP contribution < -0.4 is 10.6 Å². The molecule has 3 atom stereocenters. The number of likely N-dealkylation sites (tertiary alicyclic amines) is 1. The van der Waals surface area contributed by atoms with Gasteiger partial charge >= 0.3 is 0 Å². The fourth-order valence-electron chi connectivity index (χ4n) is 6.29. The molecule has 2 aliphatic heterocycles. The summed E-state index contributed by atoms with van der Waals surface area (Å²) in [6.07, 6.45) is 7.81. The number of hydrogen-bond acceptors (Lipinski definition) is 4. The molecule has 3 N–H and O–H groups in total. The highest BCUT2D eigenvalue weighted by Gasteiger charge is 2.49. The van der Waals surface area contributed by atoms with E-state index in [4.69, 9.17) is 11.6 Å². The van der Waals surface area contributed by atoms with E-state index in [0.717, 1.165) is 43.0 Å². The van der Waals surface area contributed by atoms with Crippen LogP contribution in [0.3, 0.4) is 0 Å². The van der Waals surface area contributed by atoms with Crippen molar-refractivity contribution in [3.63, 3.8) is 0 Å². The number of piperidine rings is 1. The summed E-state index contributed by atoms with van der Waals surface area (Å²) in [6, 6.07) is 7.96. The number of carbonyl (C=O) groups is 3. The SMILES string of the molecule is N#C[C@H](C[C@@H]1CCCNC1=O)NC(=O)[C@@H]1CC2(CCCCC2)CN1C(=O)c1cc2ccc(Cl)cc2[nH]1. The molecule has 0 radical (unpaired) electrons. The van der Waals surface area contributed by atoms with Crippen LogP contribution in [0.1, 0.15) is 68.3 Å². The molecule has 3 heterocycles. The van der Waals surface area contributed by atoms with Gasteiger partial charge in [-0.3, -0.25) is 14.4 Å². The molecular formula is C27H32ClN5O3. The third kappa shape index (κ3) is 4.94. The molecule has 0 unspecified atom stereocenters. The maximum Gasteiger partial charge on any atom is 0.271 e. The zero-order chi connectivity index (χ0) is 25.3. The second-order valence-electron chi connectivity index (χ2n) is 10.7. The number of rotatable bonds is 5. The predicted molar refractivity (Wildman–Crippen MR) is 136 cm³/mol. The fourth-order valence-corrected chi connectivity index (χ4v) is 6.47. The van der Waals surface area contributed by atoms with Crippen molar-refractivity contribution in [1.29, 1.82) is 5.26 Å². The van der Waals surface area contributed by atoms with E-state index in [1.54, 1.807) is 23.1 Å². The number of aromatic nitrogens is 1. The Balaban J connectivity index is 1.36. The van der Waals surface area contributed by atoms with Crippen LogP contribution in [0.4, 0.5) is 0 Å². The van der Waals surface area contributed by atoms with Crippen LogP contribution in [-0.2, 0) is 9.59 Å². The Kier molecular flexibility index (Phi) is 6.94. The van der Waals surface area contributed by atoms with Crippen molar-refractivity contribution in [2.24, 2.45) is 11.3 Å². The van der Waals surface area contributed by atoms with Crippen LogP contribution in [0.25, 0.3) is 10.9 Å². The second-order valence-corrected chi connectivity index (χ2v) is 11.1. The molecule has 36 heavy (non-hydrogen) atoms. The van der Waals surface area contributed by atoms with E-state index in [9.17, 15) is 19.6 Å². The smallest absolute Gasteiger partial charge is 0.271 e. The van der Waals surface area contributed by atoms with Crippen LogP contribution in [0.5, 0.6) is 0 Å². The lowest BCUT2D eigenvalue weighted by Gasteiger charge is -2.32. The minimum atomic E-state index is -0.776. The Hall–Kier alpha value is -3.05. The highest BCUT2D eigenvalue weighted by molar-refractivity contribution is 6.31. The van der Waals surface area contributed by atoms with Gasteiger partial charge in [0, 0.05) is 34.9 Å². The monoisotopic (exact) mass is 509 g/mol. The molecule has 8 nitrogen and oxygen atoms in total. The van der Waals surface area contributed by atoms with Crippen LogP contribution in [0, 0.1) is 22.7 Å². The first kappa shape index (κ1) is 24.6.